The Balaban J connectivity index is 1.48. The van der Waals surface area contributed by atoms with Crippen molar-refractivity contribution in [3.63, 3.8) is 0 Å². The molecule has 1 N–H and O–H groups in total. The first-order chi connectivity index (χ1) is 14.0. The van der Waals surface area contributed by atoms with Crippen LogP contribution in [-0.4, -0.2) is 23.3 Å². The van der Waals surface area contributed by atoms with E-state index in [1.54, 1.807) is 11.1 Å². The number of carbonyl (C=O) groups excluding carboxylic acids is 2. The van der Waals surface area contributed by atoms with Crippen molar-refractivity contribution in [2.24, 2.45) is 0 Å². The molecule has 0 aliphatic carbocycles. The molecule has 0 bridgehead atoms. The first kappa shape index (κ1) is 19.3. The van der Waals surface area contributed by atoms with Crippen LogP contribution in [0.15, 0.2) is 48.7 Å². The first-order valence-corrected chi connectivity index (χ1v) is 10.2. The van der Waals surface area contributed by atoms with Gasteiger partial charge in [0.05, 0.1) is 5.56 Å². The number of nitrogens with one attached hydrogen (secondary N) is 1. The number of halogens is 1. The van der Waals surface area contributed by atoms with E-state index in [0.717, 1.165) is 17.7 Å². The molecule has 1 aliphatic rings. The van der Waals surface area contributed by atoms with Gasteiger partial charge in [0, 0.05) is 36.1 Å². The Hall–Kier alpha value is -3.06. The second kappa shape index (κ2) is 8.13. The molecule has 2 heterocycles. The zero-order chi connectivity index (χ0) is 20.4. The third-order valence-corrected chi connectivity index (χ3v) is 5.73. The lowest BCUT2D eigenvalue weighted by molar-refractivity contribution is -0.117. The third kappa shape index (κ3) is 4.35. The first-order valence-electron chi connectivity index (χ1n) is 9.41. The Morgan fingerprint density at radius 3 is 2.90 bits per heavy atom. The predicted molar refractivity (Wildman–Crippen MR) is 112 cm³/mol. The van der Waals surface area contributed by atoms with Crippen molar-refractivity contribution in [2.45, 2.75) is 26.2 Å². The molecule has 5 nitrogen and oxygen atoms in total. The quantitative estimate of drug-likeness (QED) is 0.672. The number of aryl methyl sites for hydroxylation is 1. The third-order valence-electron chi connectivity index (χ3n) is 4.81. The van der Waals surface area contributed by atoms with Crippen molar-refractivity contribution in [3.05, 3.63) is 76.0 Å². The summed E-state index contributed by atoms with van der Waals surface area (Å²) in [6, 6.07) is 12.4. The second-order valence-electron chi connectivity index (χ2n) is 7.06. The second-order valence-corrected chi connectivity index (χ2v) is 8.18. The largest absolute Gasteiger partial charge is 0.312 e. The fraction of sp³-hybridized carbons (Fsp3) is 0.227. The van der Waals surface area contributed by atoms with Gasteiger partial charge in [-0.05, 0) is 37.1 Å². The summed E-state index contributed by atoms with van der Waals surface area (Å²) >= 11 is 1.36. The molecule has 1 aliphatic heterocycles. The molecule has 4 rings (SSSR count). The number of rotatable bonds is 5. The maximum Gasteiger partial charge on any atom is 0.260 e. The molecule has 7 heteroatoms. The van der Waals surface area contributed by atoms with Crippen molar-refractivity contribution in [3.8, 4) is 0 Å². The molecular formula is C22H20FN3O2S. The minimum atomic E-state index is -0.630. The van der Waals surface area contributed by atoms with Gasteiger partial charge in [0.1, 0.15) is 5.82 Å². The zero-order valence-electron chi connectivity index (χ0n) is 15.9. The Morgan fingerprint density at radius 2 is 2.14 bits per heavy atom. The van der Waals surface area contributed by atoms with Gasteiger partial charge < -0.3 is 4.90 Å². The lowest BCUT2D eigenvalue weighted by Crippen LogP contribution is -2.24. The van der Waals surface area contributed by atoms with Crippen molar-refractivity contribution in [2.75, 3.05) is 16.8 Å². The van der Waals surface area contributed by atoms with Crippen LogP contribution in [0.3, 0.4) is 0 Å². The average Bonchev–Trinajstić information content (AvgIpc) is 3.31. The summed E-state index contributed by atoms with van der Waals surface area (Å²) in [5.74, 6) is -1.22. The highest BCUT2D eigenvalue weighted by atomic mass is 32.1. The monoisotopic (exact) mass is 409 g/mol. The van der Waals surface area contributed by atoms with E-state index < -0.39 is 11.7 Å². The summed E-state index contributed by atoms with van der Waals surface area (Å²) < 4.78 is 14.3. The van der Waals surface area contributed by atoms with E-state index in [4.69, 9.17) is 0 Å². The Kier molecular flexibility index (Phi) is 5.40. The van der Waals surface area contributed by atoms with Crippen LogP contribution in [0.25, 0.3) is 0 Å². The van der Waals surface area contributed by atoms with E-state index in [1.165, 1.54) is 40.7 Å². The normalized spacial score (nSPS) is 13.7. The van der Waals surface area contributed by atoms with Crippen molar-refractivity contribution in [1.82, 2.24) is 4.98 Å². The smallest absolute Gasteiger partial charge is 0.260 e. The van der Waals surface area contributed by atoms with Crippen LogP contribution >= 0.6 is 11.3 Å². The molecule has 0 spiro atoms. The number of aromatic nitrogens is 1. The van der Waals surface area contributed by atoms with Gasteiger partial charge in [-0.15, -0.1) is 11.3 Å². The van der Waals surface area contributed by atoms with E-state index in [2.05, 4.69) is 16.4 Å². The highest BCUT2D eigenvalue weighted by Crippen LogP contribution is 2.26. The summed E-state index contributed by atoms with van der Waals surface area (Å²) in [4.78, 5) is 31.4. The van der Waals surface area contributed by atoms with E-state index in [-0.39, 0.29) is 11.5 Å². The minimum Gasteiger partial charge on any atom is -0.312 e. The van der Waals surface area contributed by atoms with E-state index in [9.17, 15) is 14.0 Å². The standard InChI is InChI=1S/C22H20FN3O2S/c1-14-4-2-5-15(10-14)11-17-13-24-22(29-17)25-21(28)18-12-16(7-8-19(18)23)26-9-3-6-20(26)27/h2,4-5,7-8,10,12-13H,3,6,9,11H2,1H3,(H,24,25,28). The van der Waals surface area contributed by atoms with Crippen LogP contribution in [0, 0.1) is 12.7 Å². The molecule has 0 saturated carbocycles. The fourth-order valence-corrected chi connectivity index (χ4v) is 4.25. The molecule has 0 atom stereocenters. The highest BCUT2D eigenvalue weighted by Gasteiger charge is 2.24. The topological polar surface area (TPSA) is 62.3 Å². The highest BCUT2D eigenvalue weighted by molar-refractivity contribution is 7.15. The van der Waals surface area contributed by atoms with Gasteiger partial charge in [-0.25, -0.2) is 9.37 Å². The maximum atomic E-state index is 14.3. The summed E-state index contributed by atoms with van der Waals surface area (Å²) in [6.07, 6.45) is 3.68. The summed E-state index contributed by atoms with van der Waals surface area (Å²) in [7, 11) is 0. The molecule has 2 amide bonds. The molecule has 3 aromatic rings. The van der Waals surface area contributed by atoms with Gasteiger partial charge in [0.2, 0.25) is 5.91 Å². The molecule has 2 aromatic carbocycles. The van der Waals surface area contributed by atoms with Crippen LogP contribution in [0.5, 0.6) is 0 Å². The van der Waals surface area contributed by atoms with Crippen molar-refractivity contribution in [1.29, 1.82) is 0 Å². The van der Waals surface area contributed by atoms with Gasteiger partial charge in [-0.1, -0.05) is 29.8 Å². The molecular weight excluding hydrogens is 389 g/mol. The number of nitrogens with zero attached hydrogens (tertiary/aromatic N) is 2. The van der Waals surface area contributed by atoms with Crippen LogP contribution in [-0.2, 0) is 11.2 Å². The molecule has 1 aromatic heterocycles. The van der Waals surface area contributed by atoms with Crippen molar-refractivity contribution < 1.29 is 14.0 Å². The van der Waals surface area contributed by atoms with Crippen LogP contribution in [0.4, 0.5) is 15.2 Å². The SMILES string of the molecule is Cc1cccc(Cc2cnc(NC(=O)c3cc(N4CCCC4=O)ccc3F)s2)c1. The number of anilines is 2. The Morgan fingerprint density at radius 1 is 1.28 bits per heavy atom. The summed E-state index contributed by atoms with van der Waals surface area (Å²) in [6.45, 7) is 2.63. The zero-order valence-corrected chi connectivity index (χ0v) is 16.8. The molecule has 0 radical (unpaired) electrons. The Labute approximate surface area is 172 Å². The maximum absolute atomic E-state index is 14.3. The predicted octanol–water partition coefficient (Wildman–Crippen LogP) is 4.56. The number of hydrogen-bond acceptors (Lipinski definition) is 4. The molecule has 1 saturated heterocycles. The van der Waals surface area contributed by atoms with Crippen LogP contribution in [0.1, 0.15) is 39.2 Å². The van der Waals surface area contributed by atoms with Gasteiger partial charge in [0.25, 0.3) is 5.91 Å². The van der Waals surface area contributed by atoms with E-state index >= 15 is 0 Å². The lowest BCUT2D eigenvalue weighted by atomic mass is 10.1. The Bertz CT molecular complexity index is 1080. The minimum absolute atomic E-state index is 0.0105. The summed E-state index contributed by atoms with van der Waals surface area (Å²) in [5, 5.41) is 3.09. The average molecular weight is 409 g/mol. The number of amides is 2. The van der Waals surface area contributed by atoms with E-state index in [0.29, 0.717) is 23.8 Å². The van der Waals surface area contributed by atoms with Gasteiger partial charge in [-0.2, -0.15) is 0 Å². The molecule has 29 heavy (non-hydrogen) atoms. The number of benzene rings is 2. The number of hydrogen-bond donors (Lipinski definition) is 1. The number of thiazole rings is 1. The number of carbonyl (C=O) groups is 2. The van der Waals surface area contributed by atoms with Crippen molar-refractivity contribution >= 4 is 34.0 Å². The van der Waals surface area contributed by atoms with Gasteiger partial charge in [-0.3, -0.25) is 14.9 Å². The van der Waals surface area contributed by atoms with Crippen LogP contribution < -0.4 is 10.2 Å². The fourth-order valence-electron chi connectivity index (χ4n) is 3.41. The molecule has 148 valence electrons. The summed E-state index contributed by atoms with van der Waals surface area (Å²) in [5.41, 5.74) is 2.80. The molecule has 0 unspecified atom stereocenters. The van der Waals surface area contributed by atoms with Gasteiger partial charge in [0.15, 0.2) is 5.13 Å². The lowest BCUT2D eigenvalue weighted by Gasteiger charge is -2.16. The molecule has 1 fully saturated rings. The van der Waals surface area contributed by atoms with Crippen LogP contribution in [0.2, 0.25) is 0 Å². The van der Waals surface area contributed by atoms with E-state index in [1.807, 2.05) is 25.1 Å². The van der Waals surface area contributed by atoms with Gasteiger partial charge >= 0.3 is 0 Å².